The topological polar surface area (TPSA) is 113 Å². The molecule has 0 radical (unpaired) electrons. The monoisotopic (exact) mass is 415 g/mol. The number of nitrogens with zero attached hydrogens (tertiary/aromatic N) is 2. The molecule has 1 aromatic carbocycles. The van der Waals surface area contributed by atoms with Gasteiger partial charge in [-0.1, -0.05) is 12.1 Å². The number of likely N-dealkylation sites (N-methyl/N-ethyl adjacent to an activating group) is 2. The van der Waals surface area contributed by atoms with E-state index in [9.17, 15) is 27.2 Å². The molecule has 1 aromatic rings. The lowest BCUT2D eigenvalue weighted by molar-refractivity contribution is -0.154. The van der Waals surface area contributed by atoms with E-state index in [-0.39, 0.29) is 25.4 Å². The Morgan fingerprint density at radius 3 is 2.64 bits per heavy atom. The molecule has 1 N–H and O–H groups in total. The minimum Gasteiger partial charge on any atom is -0.454 e. The summed E-state index contributed by atoms with van der Waals surface area (Å²) in [5, 5.41) is 2.36. The Labute approximate surface area is 162 Å². The van der Waals surface area contributed by atoms with E-state index in [0.717, 1.165) is 21.3 Å². The number of benzene rings is 1. The maximum absolute atomic E-state index is 13.9. The van der Waals surface area contributed by atoms with Crippen molar-refractivity contribution in [2.24, 2.45) is 0 Å². The van der Waals surface area contributed by atoms with Crippen molar-refractivity contribution in [1.29, 1.82) is 0 Å². The van der Waals surface area contributed by atoms with Gasteiger partial charge in [-0.05, 0) is 25.0 Å². The molecule has 1 aliphatic rings. The summed E-state index contributed by atoms with van der Waals surface area (Å²) in [6, 6.07) is 3.77. The molecule has 0 spiro atoms. The third-order valence-corrected chi connectivity index (χ3v) is 6.26. The fourth-order valence-electron chi connectivity index (χ4n) is 2.77. The number of nitrogens with one attached hydrogen (secondary N) is 1. The van der Waals surface area contributed by atoms with Crippen LogP contribution < -0.4 is 5.32 Å². The number of esters is 1. The zero-order valence-corrected chi connectivity index (χ0v) is 16.4. The van der Waals surface area contributed by atoms with Crippen molar-refractivity contribution >= 4 is 27.8 Å². The molecule has 1 aliphatic heterocycles. The molecular formula is C17H22FN3O6S. The van der Waals surface area contributed by atoms with Gasteiger partial charge in [0.2, 0.25) is 15.9 Å². The zero-order chi connectivity index (χ0) is 20.9. The molecule has 0 unspecified atom stereocenters. The molecular weight excluding hydrogens is 393 g/mol. The highest BCUT2D eigenvalue weighted by Crippen LogP contribution is 2.28. The average Bonchev–Trinajstić information content (AvgIpc) is 3.16. The summed E-state index contributed by atoms with van der Waals surface area (Å²) < 4.78 is 45.2. The van der Waals surface area contributed by atoms with Gasteiger partial charge in [0.25, 0.3) is 5.91 Å². The molecule has 28 heavy (non-hydrogen) atoms. The van der Waals surface area contributed by atoms with Crippen molar-refractivity contribution in [1.82, 2.24) is 14.5 Å². The van der Waals surface area contributed by atoms with Gasteiger partial charge in [0, 0.05) is 20.6 Å². The molecule has 2 amide bonds. The van der Waals surface area contributed by atoms with Crippen LogP contribution in [0, 0.1) is 5.82 Å². The van der Waals surface area contributed by atoms with E-state index in [1.165, 1.54) is 26.2 Å². The van der Waals surface area contributed by atoms with Crippen LogP contribution in [-0.2, 0) is 29.1 Å². The molecule has 0 saturated carbocycles. The van der Waals surface area contributed by atoms with Crippen LogP contribution in [0.2, 0.25) is 0 Å². The van der Waals surface area contributed by atoms with Crippen molar-refractivity contribution in [3.63, 3.8) is 0 Å². The normalized spacial score (nSPS) is 17.2. The first-order valence-corrected chi connectivity index (χ1v) is 10.00. The van der Waals surface area contributed by atoms with Gasteiger partial charge in [0.1, 0.15) is 16.8 Å². The Bertz CT molecular complexity index is 860. The largest absolute Gasteiger partial charge is 0.454 e. The average molecular weight is 415 g/mol. The third-order valence-electron chi connectivity index (χ3n) is 4.32. The summed E-state index contributed by atoms with van der Waals surface area (Å²) in [6.45, 7) is -0.790. The molecule has 0 bridgehead atoms. The van der Waals surface area contributed by atoms with Crippen molar-refractivity contribution in [2.75, 3.05) is 33.8 Å². The van der Waals surface area contributed by atoms with Crippen LogP contribution >= 0.6 is 0 Å². The van der Waals surface area contributed by atoms with Gasteiger partial charge in [-0.25, -0.2) is 12.8 Å². The minimum absolute atomic E-state index is 0.0426. The second-order valence-corrected chi connectivity index (χ2v) is 8.09. The first-order valence-electron chi connectivity index (χ1n) is 8.56. The number of halogens is 1. The van der Waals surface area contributed by atoms with Crippen molar-refractivity contribution in [3.05, 3.63) is 30.1 Å². The summed E-state index contributed by atoms with van der Waals surface area (Å²) in [5.41, 5.74) is 0. The van der Waals surface area contributed by atoms with E-state index in [2.05, 4.69) is 5.32 Å². The molecule has 0 aromatic heterocycles. The molecule has 1 saturated heterocycles. The predicted octanol–water partition coefficient (Wildman–Crippen LogP) is -0.274. The quantitative estimate of drug-likeness (QED) is 0.613. The number of sulfonamides is 1. The van der Waals surface area contributed by atoms with Crippen LogP contribution in [0.5, 0.6) is 0 Å². The van der Waals surface area contributed by atoms with Gasteiger partial charge in [0.05, 0.1) is 6.54 Å². The van der Waals surface area contributed by atoms with Gasteiger partial charge in [-0.15, -0.1) is 0 Å². The highest BCUT2D eigenvalue weighted by atomic mass is 32.2. The Morgan fingerprint density at radius 1 is 1.32 bits per heavy atom. The Morgan fingerprint density at radius 2 is 2.00 bits per heavy atom. The standard InChI is InChI=1S/C17H22FN3O6S/c1-19-15(22)10-20(2)16(23)11-27-17(24)13-7-5-9-21(13)28(25,26)14-8-4-3-6-12(14)18/h3-4,6,8,13H,5,7,9-11H2,1-2H3,(H,19,22)/t13-/m0/s1. The minimum atomic E-state index is -4.23. The molecule has 1 atom stereocenters. The van der Waals surface area contributed by atoms with Crippen LogP contribution in [0.4, 0.5) is 4.39 Å². The molecule has 11 heteroatoms. The first-order chi connectivity index (χ1) is 13.2. The summed E-state index contributed by atoms with van der Waals surface area (Å²) in [4.78, 5) is 36.1. The third kappa shape index (κ3) is 4.84. The van der Waals surface area contributed by atoms with Crippen molar-refractivity contribution < 1.29 is 31.9 Å². The van der Waals surface area contributed by atoms with Gasteiger partial charge in [0.15, 0.2) is 6.61 Å². The lowest BCUT2D eigenvalue weighted by Crippen LogP contribution is -2.43. The molecule has 9 nitrogen and oxygen atoms in total. The molecule has 1 fully saturated rings. The molecule has 0 aliphatic carbocycles. The van der Waals surface area contributed by atoms with Gasteiger partial charge < -0.3 is 15.0 Å². The molecule has 2 rings (SSSR count). The first kappa shape index (κ1) is 21.8. The van der Waals surface area contributed by atoms with E-state index in [0.29, 0.717) is 6.42 Å². The Hall–Kier alpha value is -2.53. The number of rotatable bonds is 7. The predicted molar refractivity (Wildman–Crippen MR) is 96.0 cm³/mol. The smallest absolute Gasteiger partial charge is 0.324 e. The van der Waals surface area contributed by atoms with E-state index < -0.39 is 45.3 Å². The number of carbonyl (C=O) groups is 3. The van der Waals surface area contributed by atoms with Crippen molar-refractivity contribution in [2.45, 2.75) is 23.8 Å². The Balaban J connectivity index is 2.04. The highest BCUT2D eigenvalue weighted by molar-refractivity contribution is 7.89. The summed E-state index contributed by atoms with van der Waals surface area (Å²) in [5.74, 6) is -2.80. The van der Waals surface area contributed by atoms with Crippen LogP contribution in [0.25, 0.3) is 0 Å². The lowest BCUT2D eigenvalue weighted by atomic mass is 10.2. The zero-order valence-electron chi connectivity index (χ0n) is 15.6. The van der Waals surface area contributed by atoms with Crippen LogP contribution in [-0.4, -0.2) is 75.2 Å². The second kappa shape index (κ2) is 9.11. The number of carbonyl (C=O) groups excluding carboxylic acids is 3. The Kier molecular flexibility index (Phi) is 7.08. The lowest BCUT2D eigenvalue weighted by Gasteiger charge is -2.23. The van der Waals surface area contributed by atoms with Crippen LogP contribution in [0.1, 0.15) is 12.8 Å². The number of hydrogen-bond acceptors (Lipinski definition) is 6. The second-order valence-electron chi connectivity index (χ2n) is 6.23. The maximum atomic E-state index is 13.9. The highest BCUT2D eigenvalue weighted by Gasteiger charge is 2.41. The van der Waals surface area contributed by atoms with Gasteiger partial charge in [-0.3, -0.25) is 14.4 Å². The fraction of sp³-hybridized carbons (Fsp3) is 0.471. The van der Waals surface area contributed by atoms with Crippen molar-refractivity contribution in [3.8, 4) is 0 Å². The van der Waals surface area contributed by atoms with E-state index in [1.807, 2.05) is 0 Å². The van der Waals surface area contributed by atoms with Crippen LogP contribution in [0.3, 0.4) is 0 Å². The number of amides is 2. The van der Waals surface area contributed by atoms with Gasteiger partial charge in [-0.2, -0.15) is 4.31 Å². The summed E-state index contributed by atoms with van der Waals surface area (Å²) in [7, 11) is -1.44. The molecule has 1 heterocycles. The van der Waals surface area contributed by atoms with E-state index in [4.69, 9.17) is 4.74 Å². The number of hydrogen-bond donors (Lipinski definition) is 1. The summed E-state index contributed by atoms with van der Waals surface area (Å²) in [6.07, 6.45) is 0.604. The van der Waals surface area contributed by atoms with E-state index >= 15 is 0 Å². The SMILES string of the molecule is CNC(=O)CN(C)C(=O)COC(=O)[C@@H]1CCCN1S(=O)(=O)c1ccccc1F. The maximum Gasteiger partial charge on any atom is 0.324 e. The van der Waals surface area contributed by atoms with E-state index in [1.54, 1.807) is 0 Å². The fourth-order valence-corrected chi connectivity index (χ4v) is 4.48. The summed E-state index contributed by atoms with van der Waals surface area (Å²) >= 11 is 0. The number of ether oxygens (including phenoxy) is 1. The molecule has 154 valence electrons. The van der Waals surface area contributed by atoms with Gasteiger partial charge >= 0.3 is 5.97 Å². The van der Waals surface area contributed by atoms with Crippen LogP contribution in [0.15, 0.2) is 29.2 Å².